The van der Waals surface area contributed by atoms with Crippen LogP contribution >= 0.6 is 0 Å². The molecule has 0 aliphatic carbocycles. The van der Waals surface area contributed by atoms with Gasteiger partial charge < -0.3 is 5.11 Å². The van der Waals surface area contributed by atoms with E-state index in [2.05, 4.69) is 0 Å². The number of aliphatic carboxylic acids is 1. The van der Waals surface area contributed by atoms with Crippen molar-refractivity contribution in [3.05, 3.63) is 35.4 Å². The standard InChI is InChI=1S/C14H15F2NO2/c15-11-3-1-2-8(13(11)16)7-17-9-4-5-12(17)10(6-9)14(18)19/h1-3,9-10,12H,4-7H2,(H,18,19). The molecule has 2 saturated heterocycles. The van der Waals surface area contributed by atoms with Gasteiger partial charge in [0.05, 0.1) is 5.92 Å². The Balaban J connectivity index is 1.81. The highest BCUT2D eigenvalue weighted by molar-refractivity contribution is 5.71. The average Bonchev–Trinajstić information content (AvgIpc) is 2.92. The summed E-state index contributed by atoms with van der Waals surface area (Å²) in [6, 6.07) is 4.29. The second-order valence-electron chi connectivity index (χ2n) is 5.36. The quantitative estimate of drug-likeness (QED) is 0.914. The van der Waals surface area contributed by atoms with Crippen LogP contribution in [0.15, 0.2) is 18.2 Å². The number of halogens is 2. The fraction of sp³-hybridized carbons (Fsp3) is 0.500. The van der Waals surface area contributed by atoms with Crippen molar-refractivity contribution in [1.82, 2.24) is 4.90 Å². The van der Waals surface area contributed by atoms with Crippen LogP contribution in [0, 0.1) is 17.6 Å². The van der Waals surface area contributed by atoms with Crippen LogP contribution in [-0.4, -0.2) is 28.1 Å². The first-order chi connectivity index (χ1) is 9.08. The van der Waals surface area contributed by atoms with Crippen molar-refractivity contribution in [3.63, 3.8) is 0 Å². The van der Waals surface area contributed by atoms with Crippen molar-refractivity contribution in [2.75, 3.05) is 0 Å². The SMILES string of the molecule is O=C(O)C1CC2CCC1N2Cc1cccc(F)c1F. The molecular formula is C14H15F2NO2. The van der Waals surface area contributed by atoms with E-state index < -0.39 is 17.6 Å². The van der Waals surface area contributed by atoms with Crippen LogP contribution in [0.1, 0.15) is 24.8 Å². The third-order valence-electron chi connectivity index (χ3n) is 4.38. The summed E-state index contributed by atoms with van der Waals surface area (Å²) >= 11 is 0. The molecule has 19 heavy (non-hydrogen) atoms. The van der Waals surface area contributed by atoms with E-state index in [0.29, 0.717) is 18.5 Å². The molecule has 1 aromatic rings. The summed E-state index contributed by atoms with van der Waals surface area (Å²) in [6.07, 6.45) is 2.40. The summed E-state index contributed by atoms with van der Waals surface area (Å²) in [7, 11) is 0. The smallest absolute Gasteiger partial charge is 0.308 e. The van der Waals surface area contributed by atoms with Crippen LogP contribution < -0.4 is 0 Å². The van der Waals surface area contributed by atoms with E-state index in [9.17, 15) is 13.6 Å². The van der Waals surface area contributed by atoms with Crippen molar-refractivity contribution in [3.8, 4) is 0 Å². The monoisotopic (exact) mass is 267 g/mol. The fourth-order valence-electron chi connectivity index (χ4n) is 3.48. The number of carbonyl (C=O) groups is 1. The molecule has 1 aromatic carbocycles. The van der Waals surface area contributed by atoms with E-state index in [4.69, 9.17) is 5.11 Å². The van der Waals surface area contributed by atoms with Gasteiger partial charge in [-0.25, -0.2) is 8.78 Å². The molecule has 5 heteroatoms. The van der Waals surface area contributed by atoms with Crippen molar-refractivity contribution in [2.24, 2.45) is 5.92 Å². The minimum atomic E-state index is -0.848. The molecule has 0 spiro atoms. The van der Waals surface area contributed by atoms with Gasteiger partial charge in [0.2, 0.25) is 0 Å². The van der Waals surface area contributed by atoms with E-state index in [0.717, 1.165) is 18.9 Å². The predicted octanol–water partition coefficient (Wildman–Crippen LogP) is 2.40. The maximum absolute atomic E-state index is 13.7. The normalized spacial score (nSPS) is 29.9. The number of nitrogens with zero attached hydrogens (tertiary/aromatic N) is 1. The number of rotatable bonds is 3. The highest BCUT2D eigenvalue weighted by Crippen LogP contribution is 2.42. The molecule has 2 aliphatic heterocycles. The highest BCUT2D eigenvalue weighted by Gasteiger charge is 2.49. The number of hydrogen-bond donors (Lipinski definition) is 1. The Kier molecular flexibility index (Phi) is 3.01. The highest BCUT2D eigenvalue weighted by atomic mass is 19.2. The first kappa shape index (κ1) is 12.5. The summed E-state index contributed by atoms with van der Waals surface area (Å²) < 4.78 is 26.8. The maximum atomic E-state index is 13.7. The Labute approximate surface area is 109 Å². The number of carboxylic acid groups (broad SMARTS) is 1. The van der Waals surface area contributed by atoms with Gasteiger partial charge >= 0.3 is 5.97 Å². The van der Waals surface area contributed by atoms with Gasteiger partial charge in [-0.3, -0.25) is 9.69 Å². The Bertz CT molecular complexity index is 520. The van der Waals surface area contributed by atoms with Crippen LogP contribution in [0.4, 0.5) is 8.78 Å². The second kappa shape index (κ2) is 4.56. The molecule has 2 bridgehead atoms. The Morgan fingerprint density at radius 2 is 2.16 bits per heavy atom. The number of fused-ring (bicyclic) bond motifs is 2. The van der Waals surface area contributed by atoms with Crippen LogP contribution in [0.5, 0.6) is 0 Å². The Hall–Kier alpha value is -1.49. The van der Waals surface area contributed by atoms with Gasteiger partial charge in [0.1, 0.15) is 0 Å². The third-order valence-corrected chi connectivity index (χ3v) is 4.38. The zero-order valence-corrected chi connectivity index (χ0v) is 10.4. The lowest BCUT2D eigenvalue weighted by atomic mass is 9.89. The predicted molar refractivity (Wildman–Crippen MR) is 64.5 cm³/mol. The molecule has 102 valence electrons. The fourth-order valence-corrected chi connectivity index (χ4v) is 3.48. The van der Waals surface area contributed by atoms with E-state index in [1.807, 2.05) is 4.90 Å². The summed E-state index contributed by atoms with van der Waals surface area (Å²) in [5, 5.41) is 9.16. The van der Waals surface area contributed by atoms with E-state index in [1.165, 1.54) is 6.07 Å². The minimum Gasteiger partial charge on any atom is -0.481 e. The lowest BCUT2D eigenvalue weighted by molar-refractivity contribution is -0.142. The van der Waals surface area contributed by atoms with Gasteiger partial charge in [-0.15, -0.1) is 0 Å². The van der Waals surface area contributed by atoms with Crippen LogP contribution in [0.25, 0.3) is 0 Å². The van der Waals surface area contributed by atoms with Crippen molar-refractivity contribution in [2.45, 2.75) is 37.9 Å². The average molecular weight is 267 g/mol. The third kappa shape index (κ3) is 2.02. The van der Waals surface area contributed by atoms with Crippen molar-refractivity contribution in [1.29, 1.82) is 0 Å². The minimum absolute atomic E-state index is 0.0369. The van der Waals surface area contributed by atoms with Gasteiger partial charge in [-0.2, -0.15) is 0 Å². The summed E-state index contributed by atoms with van der Waals surface area (Å²) in [5.74, 6) is -2.81. The summed E-state index contributed by atoms with van der Waals surface area (Å²) in [4.78, 5) is 13.2. The van der Waals surface area contributed by atoms with Gasteiger partial charge in [-0.05, 0) is 25.3 Å². The van der Waals surface area contributed by atoms with Crippen molar-refractivity contribution >= 4 is 5.97 Å². The van der Waals surface area contributed by atoms with E-state index in [1.54, 1.807) is 6.07 Å². The summed E-state index contributed by atoms with van der Waals surface area (Å²) in [6.45, 7) is 0.294. The molecule has 0 radical (unpaired) electrons. The van der Waals surface area contributed by atoms with E-state index in [-0.39, 0.29) is 18.0 Å². The van der Waals surface area contributed by atoms with Gasteiger partial charge in [0.15, 0.2) is 11.6 Å². The van der Waals surface area contributed by atoms with Crippen LogP contribution in [-0.2, 0) is 11.3 Å². The molecular weight excluding hydrogens is 252 g/mol. The maximum Gasteiger partial charge on any atom is 0.308 e. The molecule has 2 heterocycles. The molecule has 0 amide bonds. The Morgan fingerprint density at radius 3 is 2.84 bits per heavy atom. The second-order valence-corrected chi connectivity index (χ2v) is 5.36. The van der Waals surface area contributed by atoms with E-state index >= 15 is 0 Å². The molecule has 3 atom stereocenters. The molecule has 2 aliphatic rings. The van der Waals surface area contributed by atoms with Crippen LogP contribution in [0.2, 0.25) is 0 Å². The molecule has 0 saturated carbocycles. The first-order valence-electron chi connectivity index (χ1n) is 6.49. The molecule has 3 rings (SSSR count). The molecule has 3 nitrogen and oxygen atoms in total. The first-order valence-corrected chi connectivity index (χ1v) is 6.49. The number of carboxylic acids is 1. The van der Waals surface area contributed by atoms with Gasteiger partial charge in [0, 0.05) is 24.2 Å². The zero-order chi connectivity index (χ0) is 13.6. The Morgan fingerprint density at radius 1 is 1.37 bits per heavy atom. The molecule has 2 fully saturated rings. The molecule has 3 unspecified atom stereocenters. The van der Waals surface area contributed by atoms with Gasteiger partial charge in [-0.1, -0.05) is 12.1 Å². The number of benzene rings is 1. The lowest BCUT2D eigenvalue weighted by Crippen LogP contribution is -2.32. The van der Waals surface area contributed by atoms with Gasteiger partial charge in [0.25, 0.3) is 0 Å². The largest absolute Gasteiger partial charge is 0.481 e. The number of hydrogen-bond acceptors (Lipinski definition) is 2. The topological polar surface area (TPSA) is 40.5 Å². The summed E-state index contributed by atoms with van der Waals surface area (Å²) in [5.41, 5.74) is 0.308. The lowest BCUT2D eigenvalue weighted by Gasteiger charge is -2.23. The molecule has 0 aromatic heterocycles. The van der Waals surface area contributed by atoms with Crippen LogP contribution in [0.3, 0.4) is 0 Å². The van der Waals surface area contributed by atoms with Crippen molar-refractivity contribution < 1.29 is 18.7 Å². The molecule has 1 N–H and O–H groups in total. The zero-order valence-electron chi connectivity index (χ0n) is 10.4.